The summed E-state index contributed by atoms with van der Waals surface area (Å²) < 4.78 is 20.0. The summed E-state index contributed by atoms with van der Waals surface area (Å²) in [4.78, 5) is 27.1. The van der Waals surface area contributed by atoms with Crippen LogP contribution in [0.2, 0.25) is 0 Å². The molecule has 1 saturated heterocycles. The minimum atomic E-state index is -0.416. The van der Waals surface area contributed by atoms with Crippen molar-refractivity contribution in [2.45, 2.75) is 39.1 Å². The summed E-state index contributed by atoms with van der Waals surface area (Å²) in [6.07, 6.45) is 0.462. The van der Waals surface area contributed by atoms with Gasteiger partial charge in [-0.3, -0.25) is 14.5 Å². The fraction of sp³-hybridized carbons (Fsp3) is 0.320. The first kappa shape index (κ1) is 22.8. The number of nitrogens with one attached hydrogen (secondary N) is 1. The van der Waals surface area contributed by atoms with Gasteiger partial charge in [0.2, 0.25) is 0 Å². The van der Waals surface area contributed by atoms with Gasteiger partial charge in [-0.2, -0.15) is 9.78 Å². The highest BCUT2D eigenvalue weighted by Gasteiger charge is 2.22. The highest BCUT2D eigenvalue weighted by molar-refractivity contribution is 5.92. The van der Waals surface area contributed by atoms with E-state index in [1.807, 2.05) is 12.1 Å². The molecule has 1 aliphatic rings. The van der Waals surface area contributed by atoms with E-state index < -0.39 is 17.3 Å². The number of rotatable bonds is 6. The summed E-state index contributed by atoms with van der Waals surface area (Å²) in [5, 5.41) is 6.96. The molecule has 2 atom stereocenters. The zero-order chi connectivity index (χ0) is 23.4. The Labute approximate surface area is 191 Å². The van der Waals surface area contributed by atoms with Crippen LogP contribution in [0.15, 0.2) is 65.5 Å². The number of aromatic nitrogens is 2. The van der Waals surface area contributed by atoms with E-state index in [4.69, 9.17) is 4.74 Å². The number of hydrogen-bond acceptors (Lipinski definition) is 5. The van der Waals surface area contributed by atoms with Crippen LogP contribution in [0.3, 0.4) is 0 Å². The summed E-state index contributed by atoms with van der Waals surface area (Å²) in [5.41, 5.74) is 2.25. The second-order valence-electron chi connectivity index (χ2n) is 8.40. The molecule has 0 spiro atoms. The maximum atomic E-state index is 13.2. The maximum absolute atomic E-state index is 13.2. The van der Waals surface area contributed by atoms with E-state index in [0.29, 0.717) is 12.2 Å². The topological polar surface area (TPSA) is 76.5 Å². The molecule has 2 unspecified atom stereocenters. The lowest BCUT2D eigenvalue weighted by atomic mass is 10.1. The molecule has 0 bridgehead atoms. The van der Waals surface area contributed by atoms with Crippen LogP contribution in [-0.2, 0) is 17.8 Å². The molecule has 1 N–H and O–H groups in total. The lowest BCUT2D eigenvalue weighted by Gasteiger charge is -2.35. The van der Waals surface area contributed by atoms with Crippen LogP contribution in [0.1, 0.15) is 35.5 Å². The summed E-state index contributed by atoms with van der Waals surface area (Å²) in [6, 6.07) is 16.1. The fourth-order valence-electron chi connectivity index (χ4n) is 4.01. The van der Waals surface area contributed by atoms with Crippen LogP contribution in [0.5, 0.6) is 0 Å². The number of carbonyl (C=O) groups excluding carboxylic acids is 1. The summed E-state index contributed by atoms with van der Waals surface area (Å²) in [7, 11) is 0. The lowest BCUT2D eigenvalue weighted by Crippen LogP contribution is -2.44. The van der Waals surface area contributed by atoms with Crippen molar-refractivity contribution in [3.05, 3.63) is 93.7 Å². The molecule has 172 valence electrons. The maximum Gasteiger partial charge on any atom is 0.272 e. The van der Waals surface area contributed by atoms with Crippen LogP contribution >= 0.6 is 0 Å². The zero-order valence-corrected chi connectivity index (χ0v) is 18.7. The van der Waals surface area contributed by atoms with Crippen molar-refractivity contribution in [1.29, 1.82) is 0 Å². The second-order valence-corrected chi connectivity index (χ2v) is 8.40. The van der Waals surface area contributed by atoms with E-state index in [2.05, 4.69) is 41.3 Å². The van der Waals surface area contributed by atoms with Crippen LogP contribution in [0, 0.1) is 5.82 Å². The predicted octanol–water partition coefficient (Wildman–Crippen LogP) is 2.91. The van der Waals surface area contributed by atoms with Gasteiger partial charge in [0.05, 0.1) is 17.9 Å². The number of carbonyl (C=O) groups is 1. The third-order valence-electron chi connectivity index (χ3n) is 5.48. The van der Waals surface area contributed by atoms with Gasteiger partial charge in [0.25, 0.3) is 11.5 Å². The number of ether oxygens (including phenoxy) is 1. The van der Waals surface area contributed by atoms with Gasteiger partial charge in [-0.25, -0.2) is 4.39 Å². The predicted molar refractivity (Wildman–Crippen MR) is 123 cm³/mol. The molecule has 7 nitrogen and oxygen atoms in total. The van der Waals surface area contributed by atoms with Crippen molar-refractivity contribution >= 4 is 5.91 Å². The SMILES string of the molecule is CC1CN(Cc2ccc(CNC(=O)c3ccc(=O)n(-c4ccc(F)cc4)n3)cc2)CC(C)O1. The number of nitrogens with zero attached hydrogens (tertiary/aromatic N) is 3. The molecule has 1 amide bonds. The average molecular weight is 451 g/mol. The molecule has 4 rings (SSSR count). The van der Waals surface area contributed by atoms with Crippen molar-refractivity contribution in [3.63, 3.8) is 0 Å². The van der Waals surface area contributed by atoms with Crippen LogP contribution in [0.4, 0.5) is 4.39 Å². The molecule has 0 radical (unpaired) electrons. The van der Waals surface area contributed by atoms with Gasteiger partial charge in [0.1, 0.15) is 11.5 Å². The van der Waals surface area contributed by atoms with Gasteiger partial charge in [0, 0.05) is 32.2 Å². The molecule has 2 heterocycles. The van der Waals surface area contributed by atoms with E-state index in [1.165, 1.54) is 42.0 Å². The van der Waals surface area contributed by atoms with Gasteiger partial charge >= 0.3 is 0 Å². The molecule has 1 aliphatic heterocycles. The quantitative estimate of drug-likeness (QED) is 0.625. The molecule has 0 saturated carbocycles. The Hall–Kier alpha value is -3.36. The Morgan fingerprint density at radius 1 is 1.00 bits per heavy atom. The van der Waals surface area contributed by atoms with Gasteiger partial charge < -0.3 is 10.1 Å². The summed E-state index contributed by atoms with van der Waals surface area (Å²) >= 11 is 0. The first-order valence-corrected chi connectivity index (χ1v) is 11.0. The van der Waals surface area contributed by atoms with Crippen LogP contribution < -0.4 is 10.9 Å². The van der Waals surface area contributed by atoms with E-state index in [9.17, 15) is 14.0 Å². The molecular weight excluding hydrogens is 423 g/mol. The summed E-state index contributed by atoms with van der Waals surface area (Å²) in [6.45, 7) is 7.20. The Balaban J connectivity index is 1.36. The minimum Gasteiger partial charge on any atom is -0.373 e. The normalized spacial score (nSPS) is 18.8. The van der Waals surface area contributed by atoms with Crippen molar-refractivity contribution < 1.29 is 13.9 Å². The Morgan fingerprint density at radius 3 is 2.30 bits per heavy atom. The highest BCUT2D eigenvalue weighted by atomic mass is 19.1. The monoisotopic (exact) mass is 450 g/mol. The first-order chi connectivity index (χ1) is 15.9. The van der Waals surface area contributed by atoms with E-state index >= 15 is 0 Å². The molecule has 1 fully saturated rings. The molecule has 0 aliphatic carbocycles. The second kappa shape index (κ2) is 10.1. The third-order valence-corrected chi connectivity index (χ3v) is 5.48. The van der Waals surface area contributed by atoms with Gasteiger partial charge in [-0.05, 0) is 55.3 Å². The summed E-state index contributed by atoms with van der Waals surface area (Å²) in [5.74, 6) is -0.813. The number of morpholine rings is 1. The smallest absolute Gasteiger partial charge is 0.272 e. The van der Waals surface area contributed by atoms with Crippen molar-refractivity contribution in [2.24, 2.45) is 0 Å². The molecular formula is C25H27FN4O3. The number of amides is 1. The molecule has 3 aromatic rings. The Morgan fingerprint density at radius 2 is 1.64 bits per heavy atom. The van der Waals surface area contributed by atoms with Crippen molar-refractivity contribution in [2.75, 3.05) is 13.1 Å². The first-order valence-electron chi connectivity index (χ1n) is 11.0. The number of benzene rings is 2. The number of hydrogen-bond donors (Lipinski definition) is 1. The van der Waals surface area contributed by atoms with Crippen LogP contribution in [-0.4, -0.2) is 45.9 Å². The Bertz CT molecular complexity index is 1150. The largest absolute Gasteiger partial charge is 0.373 e. The number of halogens is 1. The molecule has 2 aromatic carbocycles. The molecule has 1 aromatic heterocycles. The van der Waals surface area contributed by atoms with Crippen LogP contribution in [0.25, 0.3) is 5.69 Å². The lowest BCUT2D eigenvalue weighted by molar-refractivity contribution is -0.0704. The van der Waals surface area contributed by atoms with E-state index in [1.54, 1.807) is 0 Å². The van der Waals surface area contributed by atoms with Gasteiger partial charge in [-0.1, -0.05) is 24.3 Å². The third kappa shape index (κ3) is 5.91. The highest BCUT2D eigenvalue weighted by Crippen LogP contribution is 2.15. The fourth-order valence-corrected chi connectivity index (χ4v) is 4.01. The van der Waals surface area contributed by atoms with E-state index in [0.717, 1.165) is 29.9 Å². The Kier molecular flexibility index (Phi) is 6.96. The minimum absolute atomic E-state index is 0.103. The van der Waals surface area contributed by atoms with Crippen molar-refractivity contribution in [3.8, 4) is 5.69 Å². The average Bonchev–Trinajstić information content (AvgIpc) is 2.79. The molecule has 8 heteroatoms. The van der Waals surface area contributed by atoms with Gasteiger partial charge in [-0.15, -0.1) is 0 Å². The van der Waals surface area contributed by atoms with Gasteiger partial charge in [0.15, 0.2) is 0 Å². The zero-order valence-electron chi connectivity index (χ0n) is 18.7. The standard InChI is InChI=1S/C25H27FN4O3/c1-17-14-29(15-18(2)33-17)16-20-5-3-19(4-6-20)13-27-25(32)23-11-12-24(31)30(28-23)22-9-7-21(26)8-10-22/h3-12,17-18H,13-16H2,1-2H3,(H,27,32). The molecule has 33 heavy (non-hydrogen) atoms. The van der Waals surface area contributed by atoms with Crippen molar-refractivity contribution in [1.82, 2.24) is 20.0 Å². The van der Waals surface area contributed by atoms with E-state index in [-0.39, 0.29) is 17.9 Å².